The lowest BCUT2D eigenvalue weighted by molar-refractivity contribution is 0.534. The fourth-order valence-corrected chi connectivity index (χ4v) is 2.00. The smallest absolute Gasteiger partial charge is 0.270 e. The average molecular weight is 152 g/mol. The van der Waals surface area contributed by atoms with Crippen LogP contribution in [-0.2, 0) is 0 Å². The number of halogens is 2. The number of hydrogen-bond donors (Lipinski definition) is 0. The molecule has 0 aliphatic heterocycles. The van der Waals surface area contributed by atoms with Crippen molar-refractivity contribution in [2.45, 2.75) is 38.8 Å². The molecule has 0 spiro atoms. The Kier molecular flexibility index (Phi) is 2.80. The van der Waals surface area contributed by atoms with Crippen molar-refractivity contribution in [3.63, 3.8) is 0 Å². The van der Waals surface area contributed by atoms with Crippen molar-refractivity contribution in [1.29, 1.82) is 0 Å². The summed E-state index contributed by atoms with van der Waals surface area (Å²) in [5.41, 5.74) is -0.810. The molecule has 9 heavy (non-hydrogen) atoms. The van der Waals surface area contributed by atoms with Gasteiger partial charge in [0.1, 0.15) is 0 Å². The molecule has 0 N–H and O–H groups in total. The summed E-state index contributed by atoms with van der Waals surface area (Å²) >= 11 is 0. The maximum atomic E-state index is 12.8. The molecule has 0 heterocycles. The minimum Gasteiger partial charge on any atom is -0.270 e. The number of hydrogen-bond acceptors (Lipinski definition) is 0. The summed E-state index contributed by atoms with van der Waals surface area (Å²) in [6.45, 7) is 6.41. The van der Waals surface area contributed by atoms with Crippen molar-refractivity contribution in [2.24, 2.45) is 0 Å². The molecule has 0 amide bonds. The van der Waals surface area contributed by atoms with E-state index in [1.54, 1.807) is 27.7 Å². The largest absolute Gasteiger partial charge is 0.429 e. The van der Waals surface area contributed by atoms with Gasteiger partial charge in [-0.05, 0) is 0 Å². The van der Waals surface area contributed by atoms with Gasteiger partial charge in [0.25, 0.3) is 0 Å². The lowest BCUT2D eigenvalue weighted by Crippen LogP contribution is -2.30. The van der Waals surface area contributed by atoms with Gasteiger partial charge in [0, 0.05) is 11.1 Å². The fraction of sp³-hybridized carbons (Fsp3) is 1.00. The molecule has 0 unspecified atom stereocenters. The third-order valence-corrected chi connectivity index (χ3v) is 4.62. The average Bonchev–Trinajstić information content (AvgIpc) is 1.65. The standard InChI is InChI=1S/C6H14F2Si/c1-5(2)9(7,8)6(3)4/h5-6H,1-4H3. The lowest BCUT2D eigenvalue weighted by atomic mass is 10.5. The van der Waals surface area contributed by atoms with E-state index in [4.69, 9.17) is 0 Å². The lowest BCUT2D eigenvalue weighted by Gasteiger charge is -2.19. The zero-order valence-electron chi connectivity index (χ0n) is 6.41. The topological polar surface area (TPSA) is 0 Å². The molecule has 0 aromatic carbocycles. The highest BCUT2D eigenvalue weighted by atomic mass is 28.4. The van der Waals surface area contributed by atoms with E-state index < -0.39 is 19.8 Å². The molecule has 0 rings (SSSR count). The van der Waals surface area contributed by atoms with E-state index >= 15 is 0 Å². The van der Waals surface area contributed by atoms with Crippen LogP contribution >= 0.6 is 0 Å². The van der Waals surface area contributed by atoms with Gasteiger partial charge in [0.15, 0.2) is 0 Å². The van der Waals surface area contributed by atoms with Crippen molar-refractivity contribution < 1.29 is 8.22 Å². The second kappa shape index (κ2) is 2.77. The first-order valence-corrected chi connectivity index (χ1v) is 5.18. The minimum absolute atomic E-state index is 0.405. The van der Waals surface area contributed by atoms with Crippen LogP contribution in [0.1, 0.15) is 27.7 Å². The van der Waals surface area contributed by atoms with Gasteiger partial charge in [-0.1, -0.05) is 27.7 Å². The molecule has 0 fully saturated rings. The van der Waals surface area contributed by atoms with Crippen molar-refractivity contribution in [3.8, 4) is 0 Å². The Morgan fingerprint density at radius 3 is 1.11 bits per heavy atom. The molecule has 0 saturated carbocycles. The summed E-state index contributed by atoms with van der Waals surface area (Å²) in [6.07, 6.45) is 0. The summed E-state index contributed by atoms with van der Waals surface area (Å²) in [5, 5.41) is 0. The highest BCUT2D eigenvalue weighted by molar-refractivity contribution is 6.68. The predicted molar refractivity (Wildman–Crippen MR) is 38.2 cm³/mol. The van der Waals surface area contributed by atoms with Crippen LogP contribution in [0.5, 0.6) is 0 Å². The van der Waals surface area contributed by atoms with E-state index in [2.05, 4.69) is 0 Å². The van der Waals surface area contributed by atoms with E-state index in [1.807, 2.05) is 0 Å². The Hall–Kier alpha value is 0.0769. The molecule has 56 valence electrons. The highest BCUT2D eigenvalue weighted by Crippen LogP contribution is 2.34. The van der Waals surface area contributed by atoms with Crippen LogP contribution in [0.3, 0.4) is 0 Å². The highest BCUT2D eigenvalue weighted by Gasteiger charge is 2.42. The van der Waals surface area contributed by atoms with Crippen LogP contribution < -0.4 is 0 Å². The Bertz CT molecular complexity index is 79.1. The first kappa shape index (κ1) is 9.08. The van der Waals surface area contributed by atoms with Crippen LogP contribution in [0.2, 0.25) is 11.1 Å². The van der Waals surface area contributed by atoms with Crippen LogP contribution in [0.25, 0.3) is 0 Å². The van der Waals surface area contributed by atoms with Gasteiger partial charge in [0.2, 0.25) is 0 Å². The Morgan fingerprint density at radius 2 is 1.11 bits per heavy atom. The zero-order valence-corrected chi connectivity index (χ0v) is 7.41. The van der Waals surface area contributed by atoms with E-state index in [-0.39, 0.29) is 0 Å². The summed E-state index contributed by atoms with van der Waals surface area (Å²) in [6, 6.07) is 0. The van der Waals surface area contributed by atoms with Gasteiger partial charge >= 0.3 is 8.74 Å². The maximum Gasteiger partial charge on any atom is 0.429 e. The summed E-state index contributed by atoms with van der Waals surface area (Å²) in [4.78, 5) is 0. The van der Waals surface area contributed by atoms with Gasteiger partial charge in [-0.2, -0.15) is 0 Å². The predicted octanol–water partition coefficient (Wildman–Crippen LogP) is 3.19. The Balaban J connectivity index is 4.01. The Labute approximate surface area is 56.6 Å². The molecule has 0 aromatic rings. The summed E-state index contributed by atoms with van der Waals surface area (Å²) < 4.78 is 25.6. The van der Waals surface area contributed by atoms with Gasteiger partial charge < -0.3 is 0 Å². The zero-order chi connectivity index (χ0) is 7.65. The van der Waals surface area contributed by atoms with E-state index in [9.17, 15) is 8.22 Å². The normalized spacial score (nSPS) is 13.3. The summed E-state index contributed by atoms with van der Waals surface area (Å²) in [7, 11) is -3.86. The first-order chi connectivity index (χ1) is 3.89. The van der Waals surface area contributed by atoms with Crippen molar-refractivity contribution >= 4 is 8.74 Å². The van der Waals surface area contributed by atoms with Gasteiger partial charge in [-0.15, -0.1) is 0 Å². The van der Waals surface area contributed by atoms with Crippen LogP contribution in [-0.4, -0.2) is 8.74 Å². The van der Waals surface area contributed by atoms with Gasteiger partial charge in [-0.25, -0.2) is 0 Å². The van der Waals surface area contributed by atoms with Crippen LogP contribution in [0, 0.1) is 0 Å². The number of rotatable bonds is 2. The molecule has 0 radical (unpaired) electrons. The SMILES string of the molecule is CC(C)[Si](F)(F)C(C)C. The van der Waals surface area contributed by atoms with Crippen molar-refractivity contribution in [2.75, 3.05) is 0 Å². The molecule has 0 bridgehead atoms. The van der Waals surface area contributed by atoms with E-state index in [1.165, 1.54) is 0 Å². The molecule has 0 aliphatic rings. The molecule has 0 atom stereocenters. The van der Waals surface area contributed by atoms with Gasteiger partial charge in [0.05, 0.1) is 0 Å². The molecule has 0 nitrogen and oxygen atoms in total. The fourth-order valence-electron chi connectivity index (χ4n) is 0.667. The van der Waals surface area contributed by atoms with Crippen LogP contribution in [0.15, 0.2) is 0 Å². The van der Waals surface area contributed by atoms with Crippen molar-refractivity contribution in [3.05, 3.63) is 0 Å². The monoisotopic (exact) mass is 152 g/mol. The van der Waals surface area contributed by atoms with Gasteiger partial charge in [-0.3, -0.25) is 8.22 Å². The van der Waals surface area contributed by atoms with E-state index in [0.717, 1.165) is 0 Å². The molecule has 3 heteroatoms. The molecular formula is C6H14F2Si. The quantitative estimate of drug-likeness (QED) is 0.421. The molecule has 0 aromatic heterocycles. The van der Waals surface area contributed by atoms with E-state index in [0.29, 0.717) is 0 Å². The maximum absolute atomic E-state index is 12.8. The summed E-state index contributed by atoms with van der Waals surface area (Å²) in [5.74, 6) is 0. The molecule has 0 saturated heterocycles. The van der Waals surface area contributed by atoms with Crippen molar-refractivity contribution in [1.82, 2.24) is 0 Å². The second-order valence-electron chi connectivity index (χ2n) is 2.98. The third-order valence-electron chi connectivity index (χ3n) is 1.54. The second-order valence-corrected chi connectivity index (χ2v) is 6.64. The Morgan fingerprint density at radius 1 is 0.889 bits per heavy atom. The minimum atomic E-state index is -3.86. The molecular weight excluding hydrogens is 138 g/mol. The van der Waals surface area contributed by atoms with Crippen LogP contribution in [0.4, 0.5) is 8.22 Å². The first-order valence-electron chi connectivity index (χ1n) is 3.26. The third kappa shape index (κ3) is 2.05. The molecule has 0 aliphatic carbocycles.